The van der Waals surface area contributed by atoms with E-state index < -0.39 is 0 Å². The predicted octanol–water partition coefficient (Wildman–Crippen LogP) is 4.41. The van der Waals surface area contributed by atoms with E-state index in [4.69, 9.17) is 4.74 Å². The first-order valence-electron chi connectivity index (χ1n) is 7.42. The normalized spacial score (nSPS) is 12.4. The average molecular weight is 299 g/mol. The Kier molecular flexibility index (Phi) is 8.70. The van der Waals surface area contributed by atoms with Crippen LogP contribution in [0.3, 0.4) is 0 Å². The average Bonchev–Trinajstić information content (AvgIpc) is 2.44. The van der Waals surface area contributed by atoms with Gasteiger partial charge in [0.25, 0.3) is 0 Å². The van der Waals surface area contributed by atoms with E-state index >= 15 is 0 Å². The molecule has 20 heavy (non-hydrogen) atoms. The van der Waals surface area contributed by atoms with Crippen molar-refractivity contribution in [3.8, 4) is 5.75 Å². The summed E-state index contributed by atoms with van der Waals surface area (Å²) in [6.45, 7) is 7.77. The van der Waals surface area contributed by atoms with Gasteiger partial charge in [0.2, 0.25) is 0 Å². The van der Waals surface area contributed by atoms with Gasteiger partial charge in [0.15, 0.2) is 0 Å². The number of hydrogen-bond acceptors (Lipinski definition) is 3. The first-order chi connectivity index (χ1) is 9.69. The molecule has 0 bridgehead atoms. The van der Waals surface area contributed by atoms with Crippen molar-refractivity contribution in [3.05, 3.63) is 29.6 Å². The highest BCUT2D eigenvalue weighted by molar-refractivity contribution is 7.99. The Morgan fingerprint density at radius 1 is 1.35 bits per heavy atom. The maximum Gasteiger partial charge on any atom is 0.131 e. The van der Waals surface area contributed by atoms with Gasteiger partial charge in [-0.1, -0.05) is 19.9 Å². The molecule has 4 heteroatoms. The van der Waals surface area contributed by atoms with Crippen molar-refractivity contribution in [2.24, 2.45) is 0 Å². The molecule has 2 nitrogen and oxygen atoms in total. The molecule has 114 valence electrons. The van der Waals surface area contributed by atoms with Crippen LogP contribution < -0.4 is 10.1 Å². The van der Waals surface area contributed by atoms with Gasteiger partial charge in [-0.2, -0.15) is 11.8 Å². The standard InChI is InChI=1S/C16H26FNOS/c1-4-9-18-13(3)15-8-7-14(12-16(15)17)19-10-6-11-20-5-2/h7-8,12-13,18H,4-6,9-11H2,1-3H3. The van der Waals surface area contributed by atoms with Crippen molar-refractivity contribution in [2.75, 3.05) is 24.7 Å². The second kappa shape index (κ2) is 10.1. The zero-order valence-electron chi connectivity index (χ0n) is 12.7. The Morgan fingerprint density at radius 2 is 2.15 bits per heavy atom. The minimum Gasteiger partial charge on any atom is -0.493 e. The Morgan fingerprint density at radius 3 is 2.80 bits per heavy atom. The molecule has 0 saturated heterocycles. The zero-order chi connectivity index (χ0) is 14.8. The molecule has 0 radical (unpaired) electrons. The van der Waals surface area contributed by atoms with Crippen LogP contribution in [0.2, 0.25) is 0 Å². The van der Waals surface area contributed by atoms with E-state index in [-0.39, 0.29) is 11.9 Å². The minimum atomic E-state index is -0.193. The van der Waals surface area contributed by atoms with Gasteiger partial charge in [0.05, 0.1) is 6.61 Å². The topological polar surface area (TPSA) is 21.3 Å². The zero-order valence-corrected chi connectivity index (χ0v) is 13.6. The molecule has 1 unspecified atom stereocenters. The summed E-state index contributed by atoms with van der Waals surface area (Å²) < 4.78 is 19.6. The highest BCUT2D eigenvalue weighted by Gasteiger charge is 2.11. The lowest BCUT2D eigenvalue weighted by molar-refractivity contribution is 0.316. The van der Waals surface area contributed by atoms with Gasteiger partial charge in [-0.3, -0.25) is 0 Å². The van der Waals surface area contributed by atoms with Crippen LogP contribution in [0.25, 0.3) is 0 Å². The van der Waals surface area contributed by atoms with Gasteiger partial charge in [-0.15, -0.1) is 0 Å². The molecule has 0 saturated carbocycles. The number of halogens is 1. The van der Waals surface area contributed by atoms with E-state index in [9.17, 15) is 4.39 Å². The Bertz CT molecular complexity index is 387. The summed E-state index contributed by atoms with van der Waals surface area (Å²) in [4.78, 5) is 0. The summed E-state index contributed by atoms with van der Waals surface area (Å²) in [5.74, 6) is 2.65. The van der Waals surface area contributed by atoms with Crippen molar-refractivity contribution in [1.82, 2.24) is 5.32 Å². The molecule has 0 heterocycles. The minimum absolute atomic E-state index is 0.0324. The van der Waals surface area contributed by atoms with Gasteiger partial charge in [-0.25, -0.2) is 4.39 Å². The van der Waals surface area contributed by atoms with Crippen LogP contribution in [0.5, 0.6) is 5.75 Å². The van der Waals surface area contributed by atoms with Gasteiger partial charge in [-0.05, 0) is 43.9 Å². The molecule has 0 aromatic heterocycles. The van der Waals surface area contributed by atoms with Crippen LogP contribution in [-0.4, -0.2) is 24.7 Å². The number of nitrogens with one attached hydrogen (secondary N) is 1. The molecule has 0 spiro atoms. The predicted molar refractivity (Wildman–Crippen MR) is 86.2 cm³/mol. The monoisotopic (exact) mass is 299 g/mol. The van der Waals surface area contributed by atoms with Crippen molar-refractivity contribution in [2.45, 2.75) is 39.7 Å². The second-order valence-electron chi connectivity index (χ2n) is 4.76. The molecule has 1 atom stereocenters. The Labute approximate surface area is 126 Å². The molecule has 0 aliphatic carbocycles. The second-order valence-corrected chi connectivity index (χ2v) is 6.15. The first kappa shape index (κ1) is 17.3. The molecule has 1 N–H and O–H groups in total. The molecule has 0 aliphatic heterocycles. The summed E-state index contributed by atoms with van der Waals surface area (Å²) in [6.07, 6.45) is 2.04. The van der Waals surface area contributed by atoms with E-state index in [0.29, 0.717) is 17.9 Å². The van der Waals surface area contributed by atoms with E-state index in [1.807, 2.05) is 30.8 Å². The summed E-state index contributed by atoms with van der Waals surface area (Å²) in [5.41, 5.74) is 0.701. The fraction of sp³-hybridized carbons (Fsp3) is 0.625. The summed E-state index contributed by atoms with van der Waals surface area (Å²) in [7, 11) is 0. The molecule has 0 aliphatic rings. The van der Waals surface area contributed by atoms with Crippen LogP contribution in [0.4, 0.5) is 4.39 Å². The fourth-order valence-corrected chi connectivity index (χ4v) is 2.53. The lowest BCUT2D eigenvalue weighted by Gasteiger charge is -2.15. The number of ether oxygens (including phenoxy) is 1. The number of hydrogen-bond donors (Lipinski definition) is 1. The maximum atomic E-state index is 14.0. The third-order valence-electron chi connectivity index (χ3n) is 3.04. The van der Waals surface area contributed by atoms with Crippen molar-refractivity contribution in [3.63, 3.8) is 0 Å². The van der Waals surface area contributed by atoms with Crippen molar-refractivity contribution >= 4 is 11.8 Å². The van der Waals surface area contributed by atoms with Gasteiger partial charge >= 0.3 is 0 Å². The SMILES string of the molecule is CCCNC(C)c1ccc(OCCCSCC)cc1F. The van der Waals surface area contributed by atoms with Crippen LogP contribution in [0, 0.1) is 5.82 Å². The van der Waals surface area contributed by atoms with E-state index in [2.05, 4.69) is 19.2 Å². The summed E-state index contributed by atoms with van der Waals surface area (Å²) in [5, 5.41) is 3.29. The quantitative estimate of drug-likeness (QED) is 0.647. The summed E-state index contributed by atoms with van der Waals surface area (Å²) >= 11 is 1.90. The molecular formula is C16H26FNOS. The Balaban J connectivity index is 2.46. The van der Waals surface area contributed by atoms with E-state index in [1.165, 1.54) is 6.07 Å². The number of benzene rings is 1. The molecule has 1 aromatic rings. The Hall–Kier alpha value is -0.740. The highest BCUT2D eigenvalue weighted by atomic mass is 32.2. The van der Waals surface area contributed by atoms with Crippen molar-refractivity contribution in [1.29, 1.82) is 0 Å². The van der Waals surface area contributed by atoms with Gasteiger partial charge in [0, 0.05) is 17.7 Å². The molecule has 1 rings (SSSR count). The van der Waals surface area contributed by atoms with Crippen LogP contribution >= 0.6 is 11.8 Å². The third kappa shape index (κ3) is 6.14. The molecule has 1 aromatic carbocycles. The van der Waals surface area contributed by atoms with E-state index in [0.717, 1.165) is 30.9 Å². The summed E-state index contributed by atoms with van der Waals surface area (Å²) in [6, 6.07) is 5.20. The van der Waals surface area contributed by atoms with Gasteiger partial charge < -0.3 is 10.1 Å². The fourth-order valence-electron chi connectivity index (χ4n) is 1.91. The first-order valence-corrected chi connectivity index (χ1v) is 8.57. The van der Waals surface area contributed by atoms with Crippen molar-refractivity contribution < 1.29 is 9.13 Å². The molecule has 0 fully saturated rings. The van der Waals surface area contributed by atoms with E-state index in [1.54, 1.807) is 0 Å². The number of thioether (sulfide) groups is 1. The number of rotatable bonds is 10. The smallest absolute Gasteiger partial charge is 0.131 e. The maximum absolute atomic E-state index is 14.0. The molecular weight excluding hydrogens is 273 g/mol. The molecule has 0 amide bonds. The highest BCUT2D eigenvalue weighted by Crippen LogP contribution is 2.22. The largest absolute Gasteiger partial charge is 0.493 e. The van der Waals surface area contributed by atoms with Gasteiger partial charge in [0.1, 0.15) is 11.6 Å². The third-order valence-corrected chi connectivity index (χ3v) is 4.03. The lowest BCUT2D eigenvalue weighted by atomic mass is 10.1. The van der Waals surface area contributed by atoms with Crippen LogP contribution in [0.15, 0.2) is 18.2 Å². The van der Waals surface area contributed by atoms with Crippen LogP contribution in [0.1, 0.15) is 45.2 Å². The lowest BCUT2D eigenvalue weighted by Crippen LogP contribution is -2.20. The van der Waals surface area contributed by atoms with Crippen LogP contribution in [-0.2, 0) is 0 Å².